The van der Waals surface area contributed by atoms with Gasteiger partial charge >= 0.3 is 0 Å². The highest BCUT2D eigenvalue weighted by Gasteiger charge is 2.15. The van der Waals surface area contributed by atoms with Gasteiger partial charge in [0, 0.05) is 23.7 Å². The van der Waals surface area contributed by atoms with Crippen LogP contribution >= 0.6 is 0 Å². The lowest BCUT2D eigenvalue weighted by Gasteiger charge is -2.20. The molecule has 1 amide bonds. The van der Waals surface area contributed by atoms with Gasteiger partial charge in [0.05, 0.1) is 25.3 Å². The van der Waals surface area contributed by atoms with Crippen molar-refractivity contribution in [2.45, 2.75) is 6.04 Å². The topological polar surface area (TPSA) is 85.4 Å². The van der Waals surface area contributed by atoms with Crippen molar-refractivity contribution < 1.29 is 14.3 Å². The number of carbonyl (C=O) groups excluding carboxylic acids is 1. The first-order chi connectivity index (χ1) is 15.7. The molecule has 0 aliphatic carbocycles. The second kappa shape index (κ2) is 9.89. The van der Waals surface area contributed by atoms with Crippen LogP contribution in [0.25, 0.3) is 10.9 Å². The molecule has 0 aliphatic heterocycles. The van der Waals surface area contributed by atoms with E-state index in [-0.39, 0.29) is 11.9 Å². The lowest BCUT2D eigenvalue weighted by Crippen LogP contribution is -2.18. The number of rotatable bonds is 8. The summed E-state index contributed by atoms with van der Waals surface area (Å²) in [6.45, 7) is 0.425. The first kappa shape index (κ1) is 21.3. The molecular weight excluding hydrogens is 404 g/mol. The van der Waals surface area contributed by atoms with Crippen LogP contribution in [0.3, 0.4) is 0 Å². The standard InChI is InChI=1S/C25H24N4O3/c1-31-15-23(29-24-21-8-3-4-9-22(21)26-16-27-24)18-6-5-7-19(14-18)28-25(30)17-10-12-20(32-2)13-11-17/h3-14,16,23H,15H2,1-2H3,(H,28,30)(H,26,27,29). The van der Waals surface area contributed by atoms with E-state index in [1.54, 1.807) is 44.8 Å². The van der Waals surface area contributed by atoms with Crippen LogP contribution in [0.5, 0.6) is 5.75 Å². The van der Waals surface area contributed by atoms with Crippen molar-refractivity contribution in [3.8, 4) is 5.75 Å². The molecular formula is C25H24N4O3. The SMILES string of the molecule is COCC(Nc1ncnc2ccccc12)c1cccc(NC(=O)c2ccc(OC)cc2)c1. The Morgan fingerprint density at radius 3 is 2.56 bits per heavy atom. The molecule has 4 aromatic rings. The third-order valence-corrected chi connectivity index (χ3v) is 5.09. The van der Waals surface area contributed by atoms with Crippen LogP contribution in [0, 0.1) is 0 Å². The van der Waals surface area contributed by atoms with Gasteiger partial charge in [0.25, 0.3) is 5.91 Å². The number of fused-ring (bicyclic) bond motifs is 1. The Bertz CT molecular complexity index is 1210. The summed E-state index contributed by atoms with van der Waals surface area (Å²) in [5.41, 5.74) is 3.07. The average Bonchev–Trinajstić information content (AvgIpc) is 2.84. The molecule has 7 heteroatoms. The molecule has 3 aromatic carbocycles. The summed E-state index contributed by atoms with van der Waals surface area (Å²) in [6, 6.07) is 22.3. The molecule has 7 nitrogen and oxygen atoms in total. The van der Waals surface area contributed by atoms with E-state index in [9.17, 15) is 4.79 Å². The first-order valence-corrected chi connectivity index (χ1v) is 10.2. The van der Waals surface area contributed by atoms with Crippen LogP contribution in [0.1, 0.15) is 22.0 Å². The van der Waals surface area contributed by atoms with Crippen LogP contribution in [0.15, 0.2) is 79.1 Å². The monoisotopic (exact) mass is 428 g/mol. The number of nitrogens with zero attached hydrogens (tertiary/aromatic N) is 2. The maximum Gasteiger partial charge on any atom is 0.255 e. The predicted molar refractivity (Wildman–Crippen MR) is 125 cm³/mol. The smallest absolute Gasteiger partial charge is 0.255 e. The van der Waals surface area contributed by atoms with E-state index in [1.165, 1.54) is 0 Å². The highest BCUT2D eigenvalue weighted by molar-refractivity contribution is 6.04. The Kier molecular flexibility index (Phi) is 6.57. The molecule has 162 valence electrons. The number of anilines is 2. The number of benzene rings is 3. The van der Waals surface area contributed by atoms with Crippen LogP contribution in [-0.2, 0) is 4.74 Å². The number of hydrogen-bond acceptors (Lipinski definition) is 6. The largest absolute Gasteiger partial charge is 0.497 e. The zero-order chi connectivity index (χ0) is 22.3. The van der Waals surface area contributed by atoms with Gasteiger partial charge in [-0.15, -0.1) is 0 Å². The number of nitrogens with one attached hydrogen (secondary N) is 2. The molecule has 32 heavy (non-hydrogen) atoms. The Hall–Kier alpha value is -3.97. The van der Waals surface area contributed by atoms with Gasteiger partial charge in [0.1, 0.15) is 17.9 Å². The summed E-state index contributed by atoms with van der Waals surface area (Å²) < 4.78 is 10.6. The number of carbonyl (C=O) groups is 1. The van der Waals surface area contributed by atoms with Gasteiger partial charge < -0.3 is 20.1 Å². The zero-order valence-corrected chi connectivity index (χ0v) is 17.9. The third-order valence-electron chi connectivity index (χ3n) is 5.09. The van der Waals surface area contributed by atoms with Crippen molar-refractivity contribution in [3.05, 3.63) is 90.3 Å². The molecule has 0 bridgehead atoms. The number of ether oxygens (including phenoxy) is 2. The van der Waals surface area contributed by atoms with Crippen LogP contribution in [-0.4, -0.2) is 36.7 Å². The lowest BCUT2D eigenvalue weighted by atomic mass is 10.1. The Morgan fingerprint density at radius 1 is 0.969 bits per heavy atom. The van der Waals surface area contributed by atoms with Crippen LogP contribution < -0.4 is 15.4 Å². The van der Waals surface area contributed by atoms with E-state index in [2.05, 4.69) is 20.6 Å². The van der Waals surface area contributed by atoms with Crippen molar-refractivity contribution in [1.29, 1.82) is 0 Å². The van der Waals surface area contributed by atoms with Crippen LogP contribution in [0.2, 0.25) is 0 Å². The van der Waals surface area contributed by atoms with E-state index in [4.69, 9.17) is 9.47 Å². The van der Waals surface area contributed by atoms with Crippen molar-refractivity contribution in [1.82, 2.24) is 9.97 Å². The number of hydrogen-bond donors (Lipinski definition) is 2. The van der Waals surface area contributed by atoms with Crippen LogP contribution in [0.4, 0.5) is 11.5 Å². The minimum atomic E-state index is -0.192. The number of amides is 1. The normalized spacial score (nSPS) is 11.7. The minimum Gasteiger partial charge on any atom is -0.497 e. The fourth-order valence-electron chi connectivity index (χ4n) is 3.45. The van der Waals surface area contributed by atoms with Crippen molar-refractivity contribution in [2.75, 3.05) is 31.5 Å². The van der Waals surface area contributed by atoms with Gasteiger partial charge in [-0.05, 0) is 54.1 Å². The quantitative estimate of drug-likeness (QED) is 0.423. The molecule has 2 N–H and O–H groups in total. The molecule has 1 heterocycles. The maximum absolute atomic E-state index is 12.6. The fourth-order valence-corrected chi connectivity index (χ4v) is 3.45. The first-order valence-electron chi connectivity index (χ1n) is 10.2. The highest BCUT2D eigenvalue weighted by atomic mass is 16.5. The number of para-hydroxylation sites is 1. The van der Waals surface area contributed by atoms with Crippen molar-refractivity contribution in [2.24, 2.45) is 0 Å². The summed E-state index contributed by atoms with van der Waals surface area (Å²) in [7, 11) is 3.25. The summed E-state index contributed by atoms with van der Waals surface area (Å²) in [4.78, 5) is 21.4. The molecule has 0 radical (unpaired) electrons. The second-order valence-electron chi connectivity index (χ2n) is 7.20. The van der Waals surface area contributed by atoms with Gasteiger partial charge in [-0.2, -0.15) is 0 Å². The molecule has 1 aromatic heterocycles. The van der Waals surface area contributed by atoms with Gasteiger partial charge in [-0.1, -0.05) is 24.3 Å². The Morgan fingerprint density at radius 2 is 1.78 bits per heavy atom. The van der Waals surface area contributed by atoms with Gasteiger partial charge in [0.15, 0.2) is 0 Å². The van der Waals surface area contributed by atoms with E-state index in [0.29, 0.717) is 23.6 Å². The van der Waals surface area contributed by atoms with Crippen molar-refractivity contribution in [3.63, 3.8) is 0 Å². The van der Waals surface area contributed by atoms with E-state index in [0.717, 1.165) is 22.3 Å². The zero-order valence-electron chi connectivity index (χ0n) is 17.9. The Labute approximate surface area is 186 Å². The molecule has 0 saturated carbocycles. The molecule has 0 aliphatic rings. The van der Waals surface area contributed by atoms with Gasteiger partial charge in [-0.3, -0.25) is 4.79 Å². The average molecular weight is 428 g/mol. The second-order valence-corrected chi connectivity index (χ2v) is 7.20. The molecule has 0 saturated heterocycles. The summed E-state index contributed by atoms with van der Waals surface area (Å²) in [5, 5.41) is 7.34. The molecule has 0 fully saturated rings. The van der Waals surface area contributed by atoms with E-state index < -0.39 is 0 Å². The number of aromatic nitrogens is 2. The van der Waals surface area contributed by atoms with Crippen molar-refractivity contribution >= 4 is 28.3 Å². The lowest BCUT2D eigenvalue weighted by molar-refractivity contribution is 0.102. The van der Waals surface area contributed by atoms with E-state index >= 15 is 0 Å². The number of methoxy groups -OCH3 is 2. The predicted octanol–water partition coefficient (Wildman–Crippen LogP) is 4.69. The third kappa shape index (κ3) is 4.84. The van der Waals surface area contributed by atoms with Gasteiger partial charge in [-0.25, -0.2) is 9.97 Å². The Balaban J connectivity index is 1.55. The maximum atomic E-state index is 12.6. The van der Waals surface area contributed by atoms with Gasteiger partial charge in [0.2, 0.25) is 0 Å². The fraction of sp³-hybridized carbons (Fsp3) is 0.160. The molecule has 0 spiro atoms. The summed E-state index contributed by atoms with van der Waals surface area (Å²) in [5.74, 6) is 1.24. The summed E-state index contributed by atoms with van der Waals surface area (Å²) in [6.07, 6.45) is 1.54. The molecule has 4 rings (SSSR count). The molecule has 1 unspecified atom stereocenters. The minimum absolute atomic E-state index is 0.170. The van der Waals surface area contributed by atoms with E-state index in [1.807, 2.05) is 48.5 Å². The highest BCUT2D eigenvalue weighted by Crippen LogP contribution is 2.26. The molecule has 1 atom stereocenters. The summed E-state index contributed by atoms with van der Waals surface area (Å²) >= 11 is 0.